The average Bonchev–Trinajstić information content (AvgIpc) is 2.94. The zero-order valence-corrected chi connectivity index (χ0v) is 12.1. The number of carbonyl (C=O) groups is 1. The lowest BCUT2D eigenvalue weighted by Crippen LogP contribution is -2.35. The Kier molecular flexibility index (Phi) is 4.30. The topological polar surface area (TPSA) is 59.5 Å². The fourth-order valence-corrected chi connectivity index (χ4v) is 2.46. The van der Waals surface area contributed by atoms with E-state index in [1.807, 2.05) is 26.1 Å². The van der Waals surface area contributed by atoms with E-state index in [-0.39, 0.29) is 11.8 Å². The van der Waals surface area contributed by atoms with Crippen molar-refractivity contribution in [3.63, 3.8) is 0 Å². The van der Waals surface area contributed by atoms with Crippen molar-refractivity contribution in [2.24, 2.45) is 17.6 Å². The highest BCUT2D eigenvalue weighted by atomic mass is 16.3. The van der Waals surface area contributed by atoms with E-state index >= 15 is 0 Å². The molecule has 0 spiro atoms. The molecule has 1 fully saturated rings. The summed E-state index contributed by atoms with van der Waals surface area (Å²) >= 11 is 0. The van der Waals surface area contributed by atoms with E-state index < -0.39 is 0 Å². The predicted octanol–water partition coefficient (Wildman–Crippen LogP) is 2.35. The standard InChI is InChI=1S/C15H24N2O2/c1-4-11(8-16)15(18)17(3)9-12-5-6-14(19-12)13-7-10(13)2/h5-6,10-11,13H,4,7-9,16H2,1-3H3. The van der Waals surface area contributed by atoms with Gasteiger partial charge in [-0.05, 0) is 30.9 Å². The van der Waals surface area contributed by atoms with Gasteiger partial charge >= 0.3 is 0 Å². The highest BCUT2D eigenvalue weighted by Crippen LogP contribution is 2.47. The van der Waals surface area contributed by atoms with Crippen LogP contribution < -0.4 is 5.73 Å². The van der Waals surface area contributed by atoms with Crippen LogP contribution in [0.15, 0.2) is 16.5 Å². The lowest BCUT2D eigenvalue weighted by molar-refractivity contribution is -0.134. The Bertz CT molecular complexity index is 437. The fraction of sp³-hybridized carbons (Fsp3) is 0.667. The van der Waals surface area contributed by atoms with E-state index in [4.69, 9.17) is 10.2 Å². The summed E-state index contributed by atoms with van der Waals surface area (Å²) < 4.78 is 5.82. The molecule has 3 atom stereocenters. The van der Waals surface area contributed by atoms with Crippen molar-refractivity contribution in [3.8, 4) is 0 Å². The maximum atomic E-state index is 12.1. The number of amides is 1. The first-order valence-corrected chi connectivity index (χ1v) is 7.10. The van der Waals surface area contributed by atoms with Crippen molar-refractivity contribution < 1.29 is 9.21 Å². The lowest BCUT2D eigenvalue weighted by Gasteiger charge is -2.21. The number of hydrogen-bond donors (Lipinski definition) is 1. The third-order valence-corrected chi connectivity index (χ3v) is 4.05. The fourth-order valence-electron chi connectivity index (χ4n) is 2.46. The van der Waals surface area contributed by atoms with Crippen molar-refractivity contribution in [1.82, 2.24) is 4.90 Å². The van der Waals surface area contributed by atoms with E-state index in [2.05, 4.69) is 6.92 Å². The van der Waals surface area contributed by atoms with Crippen LogP contribution in [0.2, 0.25) is 0 Å². The molecule has 0 saturated heterocycles. The van der Waals surface area contributed by atoms with Gasteiger partial charge in [0.25, 0.3) is 0 Å². The van der Waals surface area contributed by atoms with Crippen LogP contribution in [-0.2, 0) is 11.3 Å². The molecule has 1 aromatic rings. The molecular weight excluding hydrogens is 240 g/mol. The van der Waals surface area contributed by atoms with E-state index in [0.717, 1.165) is 23.9 Å². The molecule has 4 heteroatoms. The highest BCUT2D eigenvalue weighted by Gasteiger charge is 2.36. The maximum absolute atomic E-state index is 12.1. The molecule has 0 aliphatic heterocycles. The zero-order chi connectivity index (χ0) is 14.0. The van der Waals surface area contributed by atoms with Crippen LogP contribution in [0.3, 0.4) is 0 Å². The molecule has 0 aromatic carbocycles. The van der Waals surface area contributed by atoms with E-state index in [9.17, 15) is 4.79 Å². The minimum Gasteiger partial charge on any atom is -0.464 e. The summed E-state index contributed by atoms with van der Waals surface area (Å²) in [7, 11) is 1.81. The minimum absolute atomic E-state index is 0.0807. The van der Waals surface area contributed by atoms with Gasteiger partial charge in [0.2, 0.25) is 5.91 Å². The van der Waals surface area contributed by atoms with Gasteiger partial charge < -0.3 is 15.1 Å². The van der Waals surface area contributed by atoms with Crippen LogP contribution in [0, 0.1) is 11.8 Å². The molecule has 4 nitrogen and oxygen atoms in total. The maximum Gasteiger partial charge on any atom is 0.227 e. The summed E-state index contributed by atoms with van der Waals surface area (Å²) in [4.78, 5) is 13.8. The van der Waals surface area contributed by atoms with Crippen molar-refractivity contribution in [2.75, 3.05) is 13.6 Å². The van der Waals surface area contributed by atoms with Crippen LogP contribution in [-0.4, -0.2) is 24.4 Å². The van der Waals surface area contributed by atoms with Gasteiger partial charge in [-0.15, -0.1) is 0 Å². The van der Waals surface area contributed by atoms with Gasteiger partial charge in [0.15, 0.2) is 0 Å². The Balaban J connectivity index is 1.93. The number of nitrogens with two attached hydrogens (primary N) is 1. The van der Waals surface area contributed by atoms with Crippen molar-refractivity contribution in [2.45, 2.75) is 39.2 Å². The molecule has 2 N–H and O–H groups in total. The molecule has 1 aromatic heterocycles. The monoisotopic (exact) mass is 264 g/mol. The molecular formula is C15H24N2O2. The minimum atomic E-state index is -0.0807. The number of rotatable bonds is 6. The van der Waals surface area contributed by atoms with Crippen molar-refractivity contribution >= 4 is 5.91 Å². The summed E-state index contributed by atoms with van der Waals surface area (Å²) in [5.74, 6) is 3.26. The third kappa shape index (κ3) is 3.18. The van der Waals surface area contributed by atoms with Gasteiger partial charge in [-0.1, -0.05) is 13.8 Å². The molecule has 106 valence electrons. The first kappa shape index (κ1) is 14.1. The average molecular weight is 264 g/mol. The summed E-state index contributed by atoms with van der Waals surface area (Å²) in [5, 5.41) is 0. The number of furan rings is 1. The molecule has 1 aliphatic carbocycles. The quantitative estimate of drug-likeness (QED) is 0.858. The Morgan fingerprint density at radius 1 is 1.58 bits per heavy atom. The summed E-state index contributed by atoms with van der Waals surface area (Å²) in [6.45, 7) is 5.15. The Labute approximate surface area is 114 Å². The van der Waals surface area contributed by atoms with Gasteiger partial charge in [0, 0.05) is 19.5 Å². The predicted molar refractivity (Wildman–Crippen MR) is 74.5 cm³/mol. The van der Waals surface area contributed by atoms with Crippen LogP contribution in [0.1, 0.15) is 44.1 Å². The first-order valence-electron chi connectivity index (χ1n) is 7.10. The zero-order valence-electron chi connectivity index (χ0n) is 12.1. The number of nitrogens with zero attached hydrogens (tertiary/aromatic N) is 1. The summed E-state index contributed by atoms with van der Waals surface area (Å²) in [6.07, 6.45) is 2.00. The van der Waals surface area contributed by atoms with Gasteiger partial charge in [0.1, 0.15) is 11.5 Å². The highest BCUT2D eigenvalue weighted by molar-refractivity contribution is 5.78. The van der Waals surface area contributed by atoms with Crippen LogP contribution in [0.25, 0.3) is 0 Å². The number of hydrogen-bond acceptors (Lipinski definition) is 3. The largest absolute Gasteiger partial charge is 0.464 e. The Morgan fingerprint density at radius 3 is 2.79 bits per heavy atom. The van der Waals surface area contributed by atoms with E-state index in [0.29, 0.717) is 19.0 Å². The summed E-state index contributed by atoms with van der Waals surface area (Å²) in [5.41, 5.74) is 5.61. The third-order valence-electron chi connectivity index (χ3n) is 4.05. The van der Waals surface area contributed by atoms with Gasteiger partial charge in [0.05, 0.1) is 12.5 Å². The normalized spacial score (nSPS) is 23.2. The molecule has 2 rings (SSSR count). The van der Waals surface area contributed by atoms with E-state index in [1.54, 1.807) is 4.90 Å². The van der Waals surface area contributed by atoms with Gasteiger partial charge in [-0.2, -0.15) is 0 Å². The Morgan fingerprint density at radius 2 is 2.26 bits per heavy atom. The first-order chi connectivity index (χ1) is 9.06. The molecule has 0 radical (unpaired) electrons. The second-order valence-electron chi connectivity index (χ2n) is 5.66. The van der Waals surface area contributed by atoms with E-state index in [1.165, 1.54) is 6.42 Å². The van der Waals surface area contributed by atoms with Crippen LogP contribution in [0.4, 0.5) is 0 Å². The van der Waals surface area contributed by atoms with Gasteiger partial charge in [-0.3, -0.25) is 4.79 Å². The van der Waals surface area contributed by atoms with Crippen LogP contribution >= 0.6 is 0 Å². The smallest absolute Gasteiger partial charge is 0.227 e. The molecule has 3 unspecified atom stereocenters. The van der Waals surface area contributed by atoms with Crippen molar-refractivity contribution in [3.05, 3.63) is 23.7 Å². The molecule has 1 saturated carbocycles. The lowest BCUT2D eigenvalue weighted by atomic mass is 10.1. The second-order valence-corrected chi connectivity index (χ2v) is 5.66. The Hall–Kier alpha value is -1.29. The number of carbonyl (C=O) groups excluding carboxylic acids is 1. The van der Waals surface area contributed by atoms with Gasteiger partial charge in [-0.25, -0.2) is 0 Å². The molecule has 1 aliphatic rings. The molecule has 1 heterocycles. The SMILES string of the molecule is CCC(CN)C(=O)N(C)Cc1ccc(C2CC2C)o1. The molecule has 0 bridgehead atoms. The molecule has 1 amide bonds. The van der Waals surface area contributed by atoms with Crippen molar-refractivity contribution in [1.29, 1.82) is 0 Å². The summed E-state index contributed by atoms with van der Waals surface area (Å²) in [6, 6.07) is 4.02. The van der Waals surface area contributed by atoms with Crippen LogP contribution in [0.5, 0.6) is 0 Å². The second kappa shape index (κ2) is 5.78. The molecule has 19 heavy (non-hydrogen) atoms.